The van der Waals surface area contributed by atoms with E-state index in [0.29, 0.717) is 17.1 Å². The molecule has 0 radical (unpaired) electrons. The molecule has 3 aromatic rings. The summed E-state index contributed by atoms with van der Waals surface area (Å²) < 4.78 is 19.5. The van der Waals surface area contributed by atoms with Gasteiger partial charge in [0.15, 0.2) is 6.61 Å². The van der Waals surface area contributed by atoms with Crippen LogP contribution in [0, 0.1) is 12.7 Å². The summed E-state index contributed by atoms with van der Waals surface area (Å²) in [5.41, 5.74) is 1.51. The van der Waals surface area contributed by atoms with Gasteiger partial charge < -0.3 is 10.1 Å². The van der Waals surface area contributed by atoms with Crippen LogP contribution >= 0.6 is 23.4 Å². The molecule has 1 heterocycles. The van der Waals surface area contributed by atoms with Gasteiger partial charge in [-0.2, -0.15) is 5.10 Å². The summed E-state index contributed by atoms with van der Waals surface area (Å²) in [7, 11) is 0. The summed E-state index contributed by atoms with van der Waals surface area (Å²) in [6.07, 6.45) is 1.90. The molecule has 0 aliphatic carbocycles. The molecule has 150 valence electrons. The minimum Gasteiger partial charge on any atom is -0.452 e. The van der Waals surface area contributed by atoms with Crippen molar-refractivity contribution in [3.8, 4) is 5.69 Å². The zero-order valence-corrected chi connectivity index (χ0v) is 17.2. The number of carbonyl (C=O) groups excluding carboxylic acids is 2. The number of esters is 1. The monoisotopic (exact) mass is 433 g/mol. The molecule has 0 unspecified atom stereocenters. The molecule has 0 atom stereocenters. The van der Waals surface area contributed by atoms with Crippen molar-refractivity contribution in [2.75, 3.05) is 18.2 Å². The fraction of sp³-hybridized carbons (Fsp3) is 0.150. The molecular formula is C20H17ClFN3O3S. The maximum absolute atomic E-state index is 13.1. The Morgan fingerprint density at radius 3 is 2.59 bits per heavy atom. The van der Waals surface area contributed by atoms with Crippen molar-refractivity contribution in [1.82, 2.24) is 9.78 Å². The average molecular weight is 434 g/mol. The molecule has 0 fully saturated rings. The van der Waals surface area contributed by atoms with Gasteiger partial charge in [-0.05, 0) is 49.6 Å². The maximum atomic E-state index is 13.1. The summed E-state index contributed by atoms with van der Waals surface area (Å²) >= 11 is 7.78. The molecule has 0 aliphatic rings. The first-order valence-electron chi connectivity index (χ1n) is 8.51. The van der Waals surface area contributed by atoms with Gasteiger partial charge in [-0.3, -0.25) is 4.79 Å². The summed E-state index contributed by atoms with van der Waals surface area (Å²) in [6, 6.07) is 12.8. The topological polar surface area (TPSA) is 73.2 Å². The van der Waals surface area contributed by atoms with Crippen LogP contribution < -0.4 is 5.32 Å². The molecule has 1 N–H and O–H groups in total. The summed E-state index contributed by atoms with van der Waals surface area (Å²) in [4.78, 5) is 25.5. The number of hydrogen-bond donors (Lipinski definition) is 1. The van der Waals surface area contributed by atoms with E-state index in [2.05, 4.69) is 10.4 Å². The Morgan fingerprint density at radius 2 is 1.90 bits per heavy atom. The standard InChI is InChI=1S/C20H17ClFN3O3S/c1-12-18(19(21)25(24-12)14-9-7-13(22)8-10-14)20(27)28-11-17(26)23-15-5-3-4-6-16(15)29-2/h3-10H,11H2,1-2H3,(H,23,26). The van der Waals surface area contributed by atoms with Gasteiger partial charge in [0.2, 0.25) is 0 Å². The smallest absolute Gasteiger partial charge is 0.343 e. The molecular weight excluding hydrogens is 417 g/mol. The number of carbonyl (C=O) groups is 2. The van der Waals surface area contributed by atoms with Gasteiger partial charge >= 0.3 is 5.97 Å². The second kappa shape index (κ2) is 9.11. The Bertz CT molecular complexity index is 1050. The van der Waals surface area contributed by atoms with Crippen LogP contribution in [-0.2, 0) is 9.53 Å². The summed E-state index contributed by atoms with van der Waals surface area (Å²) in [5, 5.41) is 6.93. The zero-order valence-electron chi connectivity index (χ0n) is 15.6. The molecule has 3 rings (SSSR count). The lowest BCUT2D eigenvalue weighted by molar-refractivity contribution is -0.119. The van der Waals surface area contributed by atoms with Crippen LogP contribution in [0.4, 0.5) is 10.1 Å². The number of nitrogens with one attached hydrogen (secondary N) is 1. The highest BCUT2D eigenvalue weighted by Crippen LogP contribution is 2.26. The molecule has 1 aromatic heterocycles. The minimum absolute atomic E-state index is 0.0206. The number of ether oxygens (including phenoxy) is 1. The molecule has 2 aromatic carbocycles. The molecule has 29 heavy (non-hydrogen) atoms. The summed E-state index contributed by atoms with van der Waals surface area (Å²) in [5.74, 6) is -1.64. The lowest BCUT2D eigenvalue weighted by Crippen LogP contribution is -2.21. The Hall–Kier alpha value is -2.84. The maximum Gasteiger partial charge on any atom is 0.343 e. The molecule has 1 amide bonds. The highest BCUT2D eigenvalue weighted by atomic mass is 35.5. The molecule has 0 aliphatic heterocycles. The first kappa shape index (κ1) is 20.9. The zero-order chi connectivity index (χ0) is 21.0. The third-order valence-electron chi connectivity index (χ3n) is 3.99. The van der Waals surface area contributed by atoms with Crippen molar-refractivity contribution in [3.05, 3.63) is 70.8 Å². The van der Waals surface area contributed by atoms with Crippen molar-refractivity contribution in [3.63, 3.8) is 0 Å². The van der Waals surface area contributed by atoms with Crippen molar-refractivity contribution in [2.45, 2.75) is 11.8 Å². The van der Waals surface area contributed by atoms with Crippen LogP contribution in [0.3, 0.4) is 0 Å². The second-order valence-electron chi connectivity index (χ2n) is 5.96. The first-order chi connectivity index (χ1) is 13.9. The van der Waals surface area contributed by atoms with Gasteiger partial charge in [0.25, 0.3) is 5.91 Å². The third kappa shape index (κ3) is 4.78. The van der Waals surface area contributed by atoms with Crippen LogP contribution in [0.15, 0.2) is 53.4 Å². The average Bonchev–Trinajstić information content (AvgIpc) is 3.01. The van der Waals surface area contributed by atoms with E-state index in [1.807, 2.05) is 18.4 Å². The summed E-state index contributed by atoms with van der Waals surface area (Å²) in [6.45, 7) is 1.12. The molecule has 0 spiro atoms. The number of rotatable bonds is 6. The number of hydrogen-bond acceptors (Lipinski definition) is 5. The van der Waals surface area contributed by atoms with E-state index in [1.165, 1.54) is 40.7 Å². The van der Waals surface area contributed by atoms with E-state index < -0.39 is 24.3 Å². The van der Waals surface area contributed by atoms with E-state index >= 15 is 0 Å². The Balaban J connectivity index is 1.69. The number of aromatic nitrogens is 2. The fourth-order valence-corrected chi connectivity index (χ4v) is 3.52. The number of para-hydroxylation sites is 1. The van der Waals surface area contributed by atoms with Crippen LogP contribution in [0.1, 0.15) is 16.1 Å². The van der Waals surface area contributed by atoms with Gasteiger partial charge in [-0.1, -0.05) is 23.7 Å². The first-order valence-corrected chi connectivity index (χ1v) is 10.1. The second-order valence-corrected chi connectivity index (χ2v) is 7.17. The fourth-order valence-electron chi connectivity index (χ4n) is 2.62. The largest absolute Gasteiger partial charge is 0.452 e. The van der Waals surface area contributed by atoms with Crippen molar-refractivity contribution in [2.24, 2.45) is 0 Å². The quantitative estimate of drug-likeness (QED) is 0.458. The lowest BCUT2D eigenvalue weighted by atomic mass is 10.2. The van der Waals surface area contributed by atoms with Gasteiger partial charge in [0, 0.05) is 4.90 Å². The van der Waals surface area contributed by atoms with Gasteiger partial charge in [-0.15, -0.1) is 11.8 Å². The number of halogens is 2. The van der Waals surface area contributed by atoms with Gasteiger partial charge in [0.05, 0.1) is 17.1 Å². The predicted molar refractivity (Wildman–Crippen MR) is 110 cm³/mol. The Labute approximate surface area is 176 Å². The number of anilines is 1. The van der Waals surface area contributed by atoms with Crippen LogP contribution in [0.5, 0.6) is 0 Å². The number of amides is 1. The predicted octanol–water partition coefficient (Wildman–Crippen LogP) is 4.49. The Morgan fingerprint density at radius 1 is 1.21 bits per heavy atom. The van der Waals surface area contributed by atoms with Crippen molar-refractivity contribution in [1.29, 1.82) is 0 Å². The van der Waals surface area contributed by atoms with E-state index in [9.17, 15) is 14.0 Å². The number of nitrogens with zero attached hydrogens (tertiary/aromatic N) is 2. The van der Waals surface area contributed by atoms with E-state index in [1.54, 1.807) is 19.1 Å². The molecule has 0 bridgehead atoms. The van der Waals surface area contributed by atoms with Crippen LogP contribution in [0.25, 0.3) is 5.69 Å². The van der Waals surface area contributed by atoms with Gasteiger partial charge in [0.1, 0.15) is 16.5 Å². The number of aryl methyl sites for hydroxylation is 1. The molecule has 9 heteroatoms. The number of benzene rings is 2. The SMILES string of the molecule is CSc1ccccc1NC(=O)COC(=O)c1c(C)nn(-c2ccc(F)cc2)c1Cl. The van der Waals surface area contributed by atoms with E-state index in [0.717, 1.165) is 4.90 Å². The highest BCUT2D eigenvalue weighted by Gasteiger charge is 2.23. The van der Waals surface area contributed by atoms with Crippen molar-refractivity contribution < 1.29 is 18.7 Å². The highest BCUT2D eigenvalue weighted by molar-refractivity contribution is 7.98. The number of thioether (sulfide) groups is 1. The lowest BCUT2D eigenvalue weighted by Gasteiger charge is -2.09. The minimum atomic E-state index is -0.769. The molecule has 0 saturated heterocycles. The van der Waals surface area contributed by atoms with Gasteiger partial charge in [-0.25, -0.2) is 13.9 Å². The van der Waals surface area contributed by atoms with Crippen molar-refractivity contribution >= 4 is 40.9 Å². The molecule has 0 saturated carbocycles. The van der Waals surface area contributed by atoms with E-state index in [-0.39, 0.29) is 10.7 Å². The normalized spacial score (nSPS) is 10.6. The Kier molecular flexibility index (Phi) is 6.56. The third-order valence-corrected chi connectivity index (χ3v) is 5.14. The van der Waals surface area contributed by atoms with Crippen LogP contribution in [-0.4, -0.2) is 34.5 Å². The molecule has 6 nitrogen and oxygen atoms in total. The van der Waals surface area contributed by atoms with E-state index in [4.69, 9.17) is 16.3 Å². The van der Waals surface area contributed by atoms with Crippen LogP contribution in [0.2, 0.25) is 5.15 Å².